The molecule has 7 heteroatoms. The van der Waals surface area contributed by atoms with Gasteiger partial charge in [-0.3, -0.25) is 4.79 Å². The summed E-state index contributed by atoms with van der Waals surface area (Å²) in [7, 11) is 1.79. The largest absolute Gasteiger partial charge is 0.340 e. The second kappa shape index (κ2) is 6.56. The summed E-state index contributed by atoms with van der Waals surface area (Å²) in [6.45, 7) is 5.24. The lowest BCUT2D eigenvalue weighted by atomic mass is 9.93. The Balaban J connectivity index is 2.12. The molecule has 0 aliphatic carbocycles. The summed E-state index contributed by atoms with van der Waals surface area (Å²) in [6, 6.07) is 2.01. The summed E-state index contributed by atoms with van der Waals surface area (Å²) >= 11 is 6.53. The van der Waals surface area contributed by atoms with Crippen LogP contribution in [-0.4, -0.2) is 35.9 Å². The van der Waals surface area contributed by atoms with Gasteiger partial charge in [0.15, 0.2) is 0 Å². The van der Waals surface area contributed by atoms with Crippen molar-refractivity contribution in [2.75, 3.05) is 20.1 Å². The highest BCUT2D eigenvalue weighted by Gasteiger charge is 2.23. The Morgan fingerprint density at radius 3 is 2.71 bits per heavy atom. The molecule has 0 aromatic carbocycles. The van der Waals surface area contributed by atoms with E-state index in [-0.39, 0.29) is 11.3 Å². The number of carbonyl (C=O) groups excluding carboxylic acids is 1. The number of amides is 1. The second-order valence-electron chi connectivity index (χ2n) is 5.70. The average Bonchev–Trinajstić information content (AvgIpc) is 3.05. The van der Waals surface area contributed by atoms with Crippen molar-refractivity contribution in [2.45, 2.75) is 13.8 Å². The molecule has 2 N–H and O–H groups in total. The number of carbonyl (C=O) groups is 1. The molecule has 21 heavy (non-hydrogen) atoms. The highest BCUT2D eigenvalue weighted by atomic mass is 79.9. The summed E-state index contributed by atoms with van der Waals surface area (Å²) in [5.74, 6) is -0.0605. The first-order valence-corrected chi connectivity index (χ1v) is 9.03. The van der Waals surface area contributed by atoms with E-state index in [4.69, 9.17) is 5.73 Å². The van der Waals surface area contributed by atoms with Gasteiger partial charge in [-0.05, 0) is 34.0 Å². The first-order chi connectivity index (χ1) is 9.82. The van der Waals surface area contributed by atoms with Gasteiger partial charge in [0.2, 0.25) is 0 Å². The third-order valence-electron chi connectivity index (χ3n) is 3.07. The molecule has 0 aliphatic heterocycles. The van der Waals surface area contributed by atoms with Crippen LogP contribution in [0.15, 0.2) is 21.3 Å². The Bertz CT molecular complexity index is 636. The summed E-state index contributed by atoms with van der Waals surface area (Å²) in [5, 5.41) is 4.70. The van der Waals surface area contributed by atoms with Crippen LogP contribution in [0.3, 0.4) is 0 Å². The molecule has 0 radical (unpaired) electrons. The van der Waals surface area contributed by atoms with Crippen molar-refractivity contribution in [1.82, 2.24) is 9.88 Å². The fourth-order valence-electron chi connectivity index (χ4n) is 1.88. The normalized spacial score (nSPS) is 11.7. The maximum atomic E-state index is 12.4. The topological polar surface area (TPSA) is 59.2 Å². The third kappa shape index (κ3) is 4.12. The van der Waals surface area contributed by atoms with Crippen molar-refractivity contribution >= 4 is 44.5 Å². The van der Waals surface area contributed by atoms with E-state index in [9.17, 15) is 4.79 Å². The predicted molar refractivity (Wildman–Crippen MR) is 92.9 cm³/mol. The number of thiophene rings is 1. The molecule has 0 spiro atoms. The van der Waals surface area contributed by atoms with Crippen LogP contribution in [0, 0.1) is 5.41 Å². The number of hydrogen-bond acceptors (Lipinski definition) is 5. The number of halogens is 1. The van der Waals surface area contributed by atoms with E-state index in [0.717, 1.165) is 14.4 Å². The van der Waals surface area contributed by atoms with Crippen LogP contribution in [0.25, 0.3) is 9.88 Å². The first-order valence-electron chi connectivity index (χ1n) is 6.48. The molecule has 0 unspecified atom stereocenters. The molecule has 0 aliphatic rings. The molecule has 2 aromatic heterocycles. The second-order valence-corrected chi connectivity index (χ2v) is 8.38. The van der Waals surface area contributed by atoms with Crippen LogP contribution in [-0.2, 0) is 0 Å². The van der Waals surface area contributed by atoms with Gasteiger partial charge in [0.05, 0.1) is 4.88 Å². The van der Waals surface area contributed by atoms with E-state index < -0.39 is 0 Å². The van der Waals surface area contributed by atoms with Crippen molar-refractivity contribution in [3.8, 4) is 9.88 Å². The Morgan fingerprint density at radius 1 is 1.43 bits per heavy atom. The maximum absolute atomic E-state index is 12.4. The lowest BCUT2D eigenvalue weighted by Crippen LogP contribution is -2.39. The Morgan fingerprint density at radius 2 is 2.14 bits per heavy atom. The van der Waals surface area contributed by atoms with E-state index in [1.807, 2.05) is 30.7 Å². The van der Waals surface area contributed by atoms with Gasteiger partial charge in [-0.1, -0.05) is 13.8 Å². The van der Waals surface area contributed by atoms with E-state index in [2.05, 4.69) is 20.9 Å². The Labute approximate surface area is 141 Å². The fourth-order valence-corrected chi connectivity index (χ4v) is 4.19. The van der Waals surface area contributed by atoms with E-state index in [1.165, 1.54) is 11.3 Å². The molecule has 1 amide bonds. The van der Waals surface area contributed by atoms with Gasteiger partial charge >= 0.3 is 0 Å². The van der Waals surface area contributed by atoms with E-state index >= 15 is 0 Å². The van der Waals surface area contributed by atoms with Gasteiger partial charge in [0.25, 0.3) is 5.91 Å². The van der Waals surface area contributed by atoms with Crippen LogP contribution < -0.4 is 5.73 Å². The van der Waals surface area contributed by atoms with Crippen LogP contribution in [0.1, 0.15) is 24.3 Å². The van der Waals surface area contributed by atoms with E-state index in [0.29, 0.717) is 18.8 Å². The molecule has 2 rings (SSSR count). The molecule has 2 aromatic rings. The molecule has 2 heterocycles. The summed E-state index contributed by atoms with van der Waals surface area (Å²) in [5.41, 5.74) is 6.12. The molecule has 0 atom stereocenters. The molecular formula is C14H18BrN3OS2. The van der Waals surface area contributed by atoms with Gasteiger partial charge < -0.3 is 10.6 Å². The lowest BCUT2D eigenvalue weighted by Gasteiger charge is -2.28. The number of rotatable bonds is 5. The lowest BCUT2D eigenvalue weighted by molar-refractivity contribution is 0.0735. The molecule has 0 saturated carbocycles. The third-order valence-corrected chi connectivity index (χ3v) is 5.77. The monoisotopic (exact) mass is 387 g/mol. The van der Waals surface area contributed by atoms with Crippen molar-refractivity contribution in [3.63, 3.8) is 0 Å². The summed E-state index contributed by atoms with van der Waals surface area (Å²) in [6.07, 6.45) is 0. The minimum absolute atomic E-state index is 0.0605. The quantitative estimate of drug-likeness (QED) is 0.850. The molecule has 114 valence electrons. The number of thiazole rings is 1. The van der Waals surface area contributed by atoms with Gasteiger partial charge in [-0.25, -0.2) is 4.98 Å². The number of hydrogen-bond donors (Lipinski definition) is 1. The zero-order valence-corrected chi connectivity index (χ0v) is 15.4. The summed E-state index contributed by atoms with van der Waals surface area (Å²) < 4.78 is 1.03. The highest BCUT2D eigenvalue weighted by Crippen LogP contribution is 2.32. The van der Waals surface area contributed by atoms with Crippen LogP contribution in [0.2, 0.25) is 0 Å². The minimum atomic E-state index is -0.0954. The molecule has 0 saturated heterocycles. The van der Waals surface area contributed by atoms with Gasteiger partial charge in [0, 0.05) is 28.8 Å². The van der Waals surface area contributed by atoms with Crippen molar-refractivity contribution in [3.05, 3.63) is 27.0 Å². The Kier molecular flexibility index (Phi) is 5.19. The van der Waals surface area contributed by atoms with Crippen LogP contribution in [0.5, 0.6) is 0 Å². The maximum Gasteiger partial charge on any atom is 0.273 e. The van der Waals surface area contributed by atoms with E-state index in [1.54, 1.807) is 23.3 Å². The average molecular weight is 388 g/mol. The zero-order valence-electron chi connectivity index (χ0n) is 12.2. The number of nitrogens with zero attached hydrogens (tertiary/aromatic N) is 2. The van der Waals surface area contributed by atoms with Crippen LogP contribution in [0.4, 0.5) is 0 Å². The molecular weight excluding hydrogens is 370 g/mol. The number of nitrogens with two attached hydrogens (primary N) is 1. The first kappa shape index (κ1) is 16.6. The minimum Gasteiger partial charge on any atom is -0.340 e. The van der Waals surface area contributed by atoms with Gasteiger partial charge in [-0.15, -0.1) is 22.7 Å². The smallest absolute Gasteiger partial charge is 0.273 e. The SMILES string of the molecule is CN(CC(C)(C)CN)C(=O)c1csc(-c2cc(Br)cs2)n1. The molecule has 0 fully saturated rings. The fraction of sp³-hybridized carbons (Fsp3) is 0.429. The summed E-state index contributed by atoms with van der Waals surface area (Å²) in [4.78, 5) is 19.6. The van der Waals surface area contributed by atoms with Crippen LogP contribution >= 0.6 is 38.6 Å². The predicted octanol–water partition coefficient (Wildman–Crippen LogP) is 3.69. The zero-order chi connectivity index (χ0) is 15.6. The number of aromatic nitrogens is 1. The van der Waals surface area contributed by atoms with Gasteiger partial charge in [-0.2, -0.15) is 0 Å². The highest BCUT2D eigenvalue weighted by molar-refractivity contribution is 9.10. The Hall–Kier alpha value is -0.760. The van der Waals surface area contributed by atoms with Gasteiger partial charge in [0.1, 0.15) is 10.7 Å². The standard InChI is InChI=1S/C14H18BrN3OS2/c1-14(2,7-16)8-18(3)13(19)10-6-21-12(17-10)11-4-9(15)5-20-11/h4-6H,7-8,16H2,1-3H3. The van der Waals surface area contributed by atoms with Crippen molar-refractivity contribution in [2.24, 2.45) is 11.1 Å². The van der Waals surface area contributed by atoms with Crippen molar-refractivity contribution in [1.29, 1.82) is 0 Å². The molecule has 0 bridgehead atoms. The van der Waals surface area contributed by atoms with Crippen molar-refractivity contribution < 1.29 is 4.79 Å². The molecule has 4 nitrogen and oxygen atoms in total.